The molecule has 1 aromatic carbocycles. The molecular formula is C15H20BrN. The third kappa shape index (κ3) is 2.58. The molecule has 2 heteroatoms. The monoisotopic (exact) mass is 293 g/mol. The van der Waals surface area contributed by atoms with E-state index in [0.717, 1.165) is 24.4 Å². The molecule has 1 saturated heterocycles. The fourth-order valence-corrected chi connectivity index (χ4v) is 4.02. The SMILES string of the molecule is BrCC1CC1C1CCCN1Cc1ccccc1. The van der Waals surface area contributed by atoms with Gasteiger partial charge in [0.05, 0.1) is 0 Å². The van der Waals surface area contributed by atoms with Gasteiger partial charge < -0.3 is 0 Å². The minimum Gasteiger partial charge on any atom is -0.296 e. The van der Waals surface area contributed by atoms with Gasteiger partial charge in [-0.2, -0.15) is 0 Å². The molecule has 3 rings (SSSR count). The lowest BCUT2D eigenvalue weighted by Crippen LogP contribution is -2.31. The van der Waals surface area contributed by atoms with E-state index in [1.165, 1.54) is 36.7 Å². The van der Waals surface area contributed by atoms with Gasteiger partial charge in [-0.15, -0.1) is 0 Å². The predicted octanol–water partition coefficient (Wildman–Crippen LogP) is 3.68. The third-order valence-corrected chi connectivity index (χ3v) is 5.14. The molecule has 0 spiro atoms. The van der Waals surface area contributed by atoms with Crippen molar-refractivity contribution in [3.63, 3.8) is 0 Å². The van der Waals surface area contributed by atoms with E-state index in [1.54, 1.807) is 0 Å². The molecule has 3 atom stereocenters. The van der Waals surface area contributed by atoms with Gasteiger partial charge in [0.25, 0.3) is 0 Å². The Bertz CT molecular complexity index is 364. The molecule has 1 aliphatic heterocycles. The van der Waals surface area contributed by atoms with Crippen molar-refractivity contribution < 1.29 is 0 Å². The first kappa shape index (κ1) is 11.7. The fourth-order valence-electron chi connectivity index (χ4n) is 3.27. The van der Waals surface area contributed by atoms with Gasteiger partial charge in [-0.3, -0.25) is 4.90 Å². The van der Waals surface area contributed by atoms with E-state index in [-0.39, 0.29) is 0 Å². The van der Waals surface area contributed by atoms with Crippen LogP contribution in [0.15, 0.2) is 30.3 Å². The van der Waals surface area contributed by atoms with Crippen molar-refractivity contribution in [1.29, 1.82) is 0 Å². The average molecular weight is 294 g/mol. The zero-order valence-corrected chi connectivity index (χ0v) is 11.8. The molecule has 92 valence electrons. The number of halogens is 1. The Morgan fingerprint density at radius 2 is 2.06 bits per heavy atom. The van der Waals surface area contributed by atoms with Gasteiger partial charge >= 0.3 is 0 Å². The summed E-state index contributed by atoms with van der Waals surface area (Å²) < 4.78 is 0. The Morgan fingerprint density at radius 3 is 2.76 bits per heavy atom. The topological polar surface area (TPSA) is 3.24 Å². The van der Waals surface area contributed by atoms with E-state index >= 15 is 0 Å². The van der Waals surface area contributed by atoms with Gasteiger partial charge in [0, 0.05) is 17.9 Å². The molecule has 0 amide bonds. The minimum absolute atomic E-state index is 0.859. The summed E-state index contributed by atoms with van der Waals surface area (Å²) in [5, 5.41) is 1.20. The smallest absolute Gasteiger partial charge is 0.0236 e. The Hall–Kier alpha value is -0.340. The standard InChI is InChI=1S/C15H20BrN/c16-10-13-9-14(13)15-7-4-8-17(15)11-12-5-2-1-3-6-12/h1-3,5-6,13-15H,4,7-11H2. The highest BCUT2D eigenvalue weighted by atomic mass is 79.9. The summed E-state index contributed by atoms with van der Waals surface area (Å²) in [6.07, 6.45) is 4.26. The van der Waals surface area contributed by atoms with Crippen molar-refractivity contribution in [2.75, 3.05) is 11.9 Å². The molecule has 0 bridgehead atoms. The van der Waals surface area contributed by atoms with E-state index in [9.17, 15) is 0 Å². The second kappa shape index (κ2) is 5.11. The summed E-state index contributed by atoms with van der Waals surface area (Å²) in [4.78, 5) is 2.71. The molecule has 17 heavy (non-hydrogen) atoms. The lowest BCUT2D eigenvalue weighted by molar-refractivity contribution is 0.219. The molecule has 1 aromatic rings. The van der Waals surface area contributed by atoms with Crippen LogP contribution in [0.25, 0.3) is 0 Å². The Labute approximate surface area is 112 Å². The first-order valence-corrected chi connectivity index (χ1v) is 7.84. The number of hydrogen-bond donors (Lipinski definition) is 0. The van der Waals surface area contributed by atoms with Crippen molar-refractivity contribution in [3.05, 3.63) is 35.9 Å². The lowest BCUT2D eigenvalue weighted by atomic mass is 10.1. The van der Waals surface area contributed by atoms with Crippen LogP contribution in [0.4, 0.5) is 0 Å². The molecule has 0 radical (unpaired) electrons. The fraction of sp³-hybridized carbons (Fsp3) is 0.600. The molecule has 0 N–H and O–H groups in total. The Balaban J connectivity index is 1.63. The number of rotatable bonds is 4. The zero-order chi connectivity index (χ0) is 11.7. The highest BCUT2D eigenvalue weighted by molar-refractivity contribution is 9.09. The molecular weight excluding hydrogens is 274 g/mol. The predicted molar refractivity (Wildman–Crippen MR) is 75.3 cm³/mol. The van der Waals surface area contributed by atoms with Crippen molar-refractivity contribution in [1.82, 2.24) is 4.90 Å². The van der Waals surface area contributed by atoms with E-state index in [0.29, 0.717) is 0 Å². The Kier molecular flexibility index (Phi) is 3.53. The number of hydrogen-bond acceptors (Lipinski definition) is 1. The van der Waals surface area contributed by atoms with Crippen molar-refractivity contribution in [2.45, 2.75) is 31.8 Å². The van der Waals surface area contributed by atoms with Gasteiger partial charge in [0.15, 0.2) is 0 Å². The molecule has 2 aliphatic rings. The summed E-state index contributed by atoms with van der Waals surface area (Å²) in [6, 6.07) is 11.8. The maximum Gasteiger partial charge on any atom is 0.0236 e. The van der Waals surface area contributed by atoms with Crippen LogP contribution in [0, 0.1) is 11.8 Å². The van der Waals surface area contributed by atoms with Crippen LogP contribution in [-0.4, -0.2) is 22.8 Å². The zero-order valence-electron chi connectivity index (χ0n) is 10.2. The van der Waals surface area contributed by atoms with E-state index in [1.807, 2.05) is 0 Å². The number of alkyl halides is 1. The van der Waals surface area contributed by atoms with E-state index in [4.69, 9.17) is 0 Å². The van der Waals surface area contributed by atoms with Gasteiger partial charge in [-0.05, 0) is 43.2 Å². The summed E-state index contributed by atoms with van der Waals surface area (Å²) in [5.74, 6) is 1.93. The second-order valence-corrected chi connectivity index (χ2v) is 6.13. The third-order valence-electron chi connectivity index (χ3n) is 4.31. The van der Waals surface area contributed by atoms with Crippen LogP contribution >= 0.6 is 15.9 Å². The van der Waals surface area contributed by atoms with Crippen LogP contribution in [0.1, 0.15) is 24.8 Å². The highest BCUT2D eigenvalue weighted by Gasteiger charge is 2.45. The van der Waals surface area contributed by atoms with Gasteiger partial charge in [0.2, 0.25) is 0 Å². The highest BCUT2D eigenvalue weighted by Crippen LogP contribution is 2.47. The summed E-state index contributed by atoms with van der Waals surface area (Å²) in [7, 11) is 0. The maximum absolute atomic E-state index is 3.63. The largest absolute Gasteiger partial charge is 0.296 e. The van der Waals surface area contributed by atoms with Crippen molar-refractivity contribution in [3.8, 4) is 0 Å². The number of nitrogens with zero attached hydrogens (tertiary/aromatic N) is 1. The summed E-state index contributed by atoms with van der Waals surface area (Å²) >= 11 is 3.63. The first-order valence-electron chi connectivity index (χ1n) is 6.72. The maximum atomic E-state index is 3.63. The molecule has 3 unspecified atom stereocenters. The van der Waals surface area contributed by atoms with Crippen LogP contribution in [0.5, 0.6) is 0 Å². The molecule has 2 fully saturated rings. The van der Waals surface area contributed by atoms with E-state index < -0.39 is 0 Å². The number of likely N-dealkylation sites (tertiary alicyclic amines) is 1. The van der Waals surface area contributed by atoms with Gasteiger partial charge in [0.1, 0.15) is 0 Å². The minimum atomic E-state index is 0.859. The molecule has 0 aromatic heterocycles. The van der Waals surface area contributed by atoms with Gasteiger partial charge in [-0.1, -0.05) is 46.3 Å². The summed E-state index contributed by atoms with van der Waals surface area (Å²) in [5.41, 5.74) is 1.47. The Morgan fingerprint density at radius 1 is 1.24 bits per heavy atom. The molecule has 1 heterocycles. The van der Waals surface area contributed by atoms with E-state index in [2.05, 4.69) is 51.2 Å². The van der Waals surface area contributed by atoms with Crippen molar-refractivity contribution in [2.24, 2.45) is 11.8 Å². The quantitative estimate of drug-likeness (QED) is 0.766. The number of benzene rings is 1. The summed E-state index contributed by atoms with van der Waals surface area (Å²) in [6.45, 7) is 2.45. The van der Waals surface area contributed by atoms with Crippen molar-refractivity contribution >= 4 is 15.9 Å². The first-order chi connectivity index (χ1) is 8.38. The van der Waals surface area contributed by atoms with Crippen LogP contribution < -0.4 is 0 Å². The van der Waals surface area contributed by atoms with Crippen LogP contribution in [-0.2, 0) is 6.54 Å². The molecule has 1 nitrogen and oxygen atoms in total. The van der Waals surface area contributed by atoms with Crippen LogP contribution in [0.2, 0.25) is 0 Å². The average Bonchev–Trinajstić information content (AvgIpc) is 3.02. The lowest BCUT2D eigenvalue weighted by Gasteiger charge is -2.24. The van der Waals surface area contributed by atoms with Gasteiger partial charge in [-0.25, -0.2) is 0 Å². The second-order valence-electron chi connectivity index (χ2n) is 5.48. The molecule has 1 saturated carbocycles. The molecule has 1 aliphatic carbocycles. The normalized spacial score (nSPS) is 32.9. The van der Waals surface area contributed by atoms with Crippen LogP contribution in [0.3, 0.4) is 0 Å².